The van der Waals surface area contributed by atoms with Crippen LogP contribution in [0.25, 0.3) is 0 Å². The van der Waals surface area contributed by atoms with Gasteiger partial charge in [0, 0.05) is 55.9 Å². The number of benzene rings is 1. The second kappa shape index (κ2) is 8.35. The van der Waals surface area contributed by atoms with Crippen LogP contribution in [-0.2, 0) is 11.2 Å². The standard InChI is InChI=1S/C20H28ClN3O3/c21-16-3-1-15(2-4-16)11-18-12-23-9-10-27-14-19(23)13-24(18)17-5-7-22(8-6-17)20(25)26/h1-4,17-19H,5-14H2,(H,25,26)/t18-,19+/m0/s1. The largest absolute Gasteiger partial charge is 0.465 e. The van der Waals surface area contributed by atoms with Crippen LogP contribution >= 0.6 is 11.6 Å². The molecule has 3 aliphatic heterocycles. The van der Waals surface area contributed by atoms with E-state index in [1.807, 2.05) is 12.1 Å². The summed E-state index contributed by atoms with van der Waals surface area (Å²) in [4.78, 5) is 18.0. The fourth-order valence-corrected chi connectivity index (χ4v) is 4.90. The fraction of sp³-hybridized carbons (Fsp3) is 0.650. The second-order valence-corrected chi connectivity index (χ2v) is 8.34. The summed E-state index contributed by atoms with van der Waals surface area (Å²) in [5.74, 6) is 0. The Bertz CT molecular complexity index is 648. The minimum atomic E-state index is -0.795. The molecule has 0 aromatic heterocycles. The summed E-state index contributed by atoms with van der Waals surface area (Å²) in [6.45, 7) is 5.96. The van der Waals surface area contributed by atoms with E-state index in [2.05, 4.69) is 21.9 Å². The number of rotatable bonds is 3. The van der Waals surface area contributed by atoms with E-state index < -0.39 is 6.09 Å². The Morgan fingerprint density at radius 3 is 2.56 bits per heavy atom. The van der Waals surface area contributed by atoms with Crippen LogP contribution < -0.4 is 0 Å². The van der Waals surface area contributed by atoms with Crippen LogP contribution in [0.5, 0.6) is 0 Å². The molecule has 0 saturated carbocycles. The van der Waals surface area contributed by atoms with E-state index in [4.69, 9.17) is 16.3 Å². The van der Waals surface area contributed by atoms with Gasteiger partial charge in [-0.1, -0.05) is 23.7 Å². The average Bonchev–Trinajstić information content (AvgIpc) is 2.69. The van der Waals surface area contributed by atoms with Gasteiger partial charge in [0.2, 0.25) is 0 Å². The van der Waals surface area contributed by atoms with Crippen LogP contribution in [0, 0.1) is 0 Å². The van der Waals surface area contributed by atoms with Crippen LogP contribution in [-0.4, -0.2) is 90.0 Å². The van der Waals surface area contributed by atoms with Crippen molar-refractivity contribution in [2.75, 3.05) is 45.9 Å². The van der Waals surface area contributed by atoms with Crippen LogP contribution in [0.2, 0.25) is 5.02 Å². The summed E-state index contributed by atoms with van der Waals surface area (Å²) in [6.07, 6.45) is 2.03. The Balaban J connectivity index is 1.48. The van der Waals surface area contributed by atoms with E-state index >= 15 is 0 Å². The smallest absolute Gasteiger partial charge is 0.407 e. The molecule has 1 N–H and O–H groups in total. The third-order valence-corrected chi connectivity index (χ3v) is 6.53. The lowest BCUT2D eigenvalue weighted by Crippen LogP contribution is -2.65. The van der Waals surface area contributed by atoms with Crippen molar-refractivity contribution >= 4 is 17.7 Å². The Kier molecular flexibility index (Phi) is 5.88. The lowest BCUT2D eigenvalue weighted by atomic mass is 9.93. The number of amides is 1. The van der Waals surface area contributed by atoms with Gasteiger partial charge in [-0.2, -0.15) is 0 Å². The predicted molar refractivity (Wildman–Crippen MR) is 104 cm³/mol. The van der Waals surface area contributed by atoms with Crippen LogP contribution in [0.15, 0.2) is 24.3 Å². The molecule has 4 rings (SSSR count). The van der Waals surface area contributed by atoms with Crippen molar-refractivity contribution in [2.45, 2.75) is 37.4 Å². The lowest BCUT2D eigenvalue weighted by molar-refractivity contribution is -0.0795. The summed E-state index contributed by atoms with van der Waals surface area (Å²) >= 11 is 6.05. The van der Waals surface area contributed by atoms with Gasteiger partial charge in [-0.25, -0.2) is 4.79 Å². The maximum Gasteiger partial charge on any atom is 0.407 e. The third kappa shape index (κ3) is 4.40. The number of likely N-dealkylation sites (tertiary alicyclic amines) is 1. The summed E-state index contributed by atoms with van der Waals surface area (Å²) < 4.78 is 5.72. The van der Waals surface area contributed by atoms with Gasteiger partial charge in [-0.15, -0.1) is 0 Å². The Labute approximate surface area is 165 Å². The first kappa shape index (κ1) is 19.0. The maximum atomic E-state index is 11.2. The van der Waals surface area contributed by atoms with Crippen LogP contribution in [0.4, 0.5) is 4.79 Å². The average molecular weight is 394 g/mol. The van der Waals surface area contributed by atoms with Gasteiger partial charge in [0.1, 0.15) is 0 Å². The number of halogens is 1. The summed E-state index contributed by atoms with van der Waals surface area (Å²) in [6, 6.07) is 9.53. The minimum absolute atomic E-state index is 0.446. The predicted octanol–water partition coefficient (Wildman–Crippen LogP) is 2.41. The highest BCUT2D eigenvalue weighted by Crippen LogP contribution is 2.27. The van der Waals surface area contributed by atoms with Crippen molar-refractivity contribution in [3.63, 3.8) is 0 Å². The number of fused-ring (bicyclic) bond motifs is 1. The lowest BCUT2D eigenvalue weighted by Gasteiger charge is -2.52. The first-order valence-corrected chi connectivity index (χ1v) is 10.3. The summed E-state index contributed by atoms with van der Waals surface area (Å²) in [7, 11) is 0. The number of nitrogens with zero attached hydrogens (tertiary/aromatic N) is 3. The number of ether oxygens (including phenoxy) is 1. The molecule has 3 heterocycles. The summed E-state index contributed by atoms with van der Waals surface area (Å²) in [5.41, 5.74) is 1.31. The van der Waals surface area contributed by atoms with Crippen molar-refractivity contribution in [2.24, 2.45) is 0 Å². The van der Waals surface area contributed by atoms with E-state index in [0.717, 1.165) is 57.1 Å². The SMILES string of the molecule is O=C(O)N1CCC(N2C[C@@H]3COCCN3C[C@@H]2Cc2ccc(Cl)cc2)CC1. The number of piperazine rings is 1. The number of carbonyl (C=O) groups is 1. The highest BCUT2D eigenvalue weighted by atomic mass is 35.5. The van der Waals surface area contributed by atoms with Gasteiger partial charge in [0.05, 0.1) is 13.2 Å². The number of hydrogen-bond donors (Lipinski definition) is 1. The zero-order valence-electron chi connectivity index (χ0n) is 15.6. The van der Waals surface area contributed by atoms with Crippen LogP contribution in [0.1, 0.15) is 18.4 Å². The quantitative estimate of drug-likeness (QED) is 0.854. The topological polar surface area (TPSA) is 56.3 Å². The van der Waals surface area contributed by atoms with Gasteiger partial charge >= 0.3 is 6.09 Å². The Morgan fingerprint density at radius 2 is 1.85 bits per heavy atom. The molecular weight excluding hydrogens is 366 g/mol. The monoisotopic (exact) mass is 393 g/mol. The second-order valence-electron chi connectivity index (χ2n) is 7.91. The molecule has 0 bridgehead atoms. The molecule has 0 spiro atoms. The third-order valence-electron chi connectivity index (χ3n) is 6.27. The van der Waals surface area contributed by atoms with Gasteiger partial charge in [0.25, 0.3) is 0 Å². The van der Waals surface area contributed by atoms with Crippen molar-refractivity contribution in [3.05, 3.63) is 34.9 Å². The summed E-state index contributed by atoms with van der Waals surface area (Å²) in [5, 5.41) is 10.0. The van der Waals surface area contributed by atoms with Gasteiger partial charge in [0.15, 0.2) is 0 Å². The maximum absolute atomic E-state index is 11.2. The molecule has 3 saturated heterocycles. The fourth-order valence-electron chi connectivity index (χ4n) is 4.78. The van der Waals surface area contributed by atoms with E-state index in [-0.39, 0.29) is 0 Å². The molecule has 3 aliphatic rings. The first-order valence-electron chi connectivity index (χ1n) is 9.90. The number of piperidine rings is 1. The minimum Gasteiger partial charge on any atom is -0.465 e. The zero-order valence-corrected chi connectivity index (χ0v) is 16.4. The van der Waals surface area contributed by atoms with Gasteiger partial charge in [-0.05, 0) is 37.0 Å². The van der Waals surface area contributed by atoms with Crippen molar-refractivity contribution in [1.82, 2.24) is 14.7 Å². The molecule has 6 nitrogen and oxygen atoms in total. The highest BCUT2D eigenvalue weighted by Gasteiger charge is 2.39. The Hall–Kier alpha value is -1.34. The molecular formula is C20H28ClN3O3. The van der Waals surface area contributed by atoms with Crippen LogP contribution in [0.3, 0.4) is 0 Å². The molecule has 1 amide bonds. The molecule has 2 atom stereocenters. The van der Waals surface area contributed by atoms with E-state index in [1.54, 1.807) is 4.90 Å². The molecule has 148 valence electrons. The molecule has 3 fully saturated rings. The van der Waals surface area contributed by atoms with E-state index in [9.17, 15) is 9.90 Å². The van der Waals surface area contributed by atoms with Crippen molar-refractivity contribution in [1.29, 1.82) is 0 Å². The molecule has 27 heavy (non-hydrogen) atoms. The molecule has 0 aliphatic carbocycles. The molecule has 0 unspecified atom stereocenters. The highest BCUT2D eigenvalue weighted by molar-refractivity contribution is 6.30. The van der Waals surface area contributed by atoms with Crippen molar-refractivity contribution < 1.29 is 14.6 Å². The van der Waals surface area contributed by atoms with Gasteiger partial charge in [-0.3, -0.25) is 9.80 Å². The van der Waals surface area contributed by atoms with Gasteiger partial charge < -0.3 is 14.7 Å². The number of morpholine rings is 1. The molecule has 0 radical (unpaired) electrons. The molecule has 1 aromatic carbocycles. The molecule has 1 aromatic rings. The first-order chi connectivity index (χ1) is 13.1. The zero-order chi connectivity index (χ0) is 18.8. The van der Waals surface area contributed by atoms with E-state index in [1.165, 1.54) is 5.56 Å². The Morgan fingerprint density at radius 1 is 1.11 bits per heavy atom. The number of carboxylic acid groups (broad SMARTS) is 1. The number of hydrogen-bond acceptors (Lipinski definition) is 4. The molecule has 7 heteroatoms. The normalized spacial score (nSPS) is 28.1. The van der Waals surface area contributed by atoms with Crippen molar-refractivity contribution in [3.8, 4) is 0 Å². The van der Waals surface area contributed by atoms with E-state index in [0.29, 0.717) is 31.2 Å².